The molecule has 3 N–H and O–H groups in total. The number of carbonyl (C=O) groups excluding carboxylic acids is 2. The molecule has 0 aromatic rings. The molecule has 0 saturated heterocycles. The highest BCUT2D eigenvalue weighted by molar-refractivity contribution is 5.72. The van der Waals surface area contributed by atoms with Gasteiger partial charge in [0.2, 0.25) is 0 Å². The Morgan fingerprint density at radius 2 is 2.07 bits per heavy atom. The van der Waals surface area contributed by atoms with Crippen LogP contribution in [-0.4, -0.2) is 43.8 Å². The van der Waals surface area contributed by atoms with Gasteiger partial charge in [-0.05, 0) is 18.8 Å². The summed E-state index contributed by atoms with van der Waals surface area (Å²) < 4.78 is 5.00. The van der Waals surface area contributed by atoms with Gasteiger partial charge in [-0.15, -0.1) is 0 Å². The van der Waals surface area contributed by atoms with Crippen LogP contribution in [0.3, 0.4) is 0 Å². The zero-order valence-electron chi connectivity index (χ0n) is 9.03. The Morgan fingerprint density at radius 1 is 1.47 bits per heavy atom. The Bertz CT molecular complexity index is 249. The number of nitrogens with zero attached hydrogens (tertiary/aromatic N) is 1. The number of carbonyl (C=O) groups is 2. The van der Waals surface area contributed by atoms with Gasteiger partial charge in [0.1, 0.15) is 0 Å². The van der Waals surface area contributed by atoms with Gasteiger partial charge in [-0.1, -0.05) is 0 Å². The minimum Gasteiger partial charge on any atom is -0.449 e. The van der Waals surface area contributed by atoms with Gasteiger partial charge in [-0.25, -0.2) is 9.59 Å². The molecule has 0 radical (unpaired) electrons. The number of hydrogen-bond donors (Lipinski definition) is 2. The molecule has 86 valence electrons. The van der Waals surface area contributed by atoms with Crippen LogP contribution in [-0.2, 0) is 4.74 Å². The van der Waals surface area contributed by atoms with Crippen molar-refractivity contribution < 1.29 is 14.3 Å². The van der Waals surface area contributed by atoms with E-state index in [1.165, 1.54) is 4.90 Å². The van der Waals surface area contributed by atoms with Crippen LogP contribution in [0.1, 0.15) is 12.8 Å². The number of amides is 3. The molecular formula is C9H17N3O3. The summed E-state index contributed by atoms with van der Waals surface area (Å²) in [6.45, 7) is 0.411. The Balaban J connectivity index is 2.08. The van der Waals surface area contributed by atoms with Gasteiger partial charge < -0.3 is 20.7 Å². The predicted octanol–water partition coefficient (Wildman–Crippen LogP) is 0.131. The molecule has 1 rings (SSSR count). The van der Waals surface area contributed by atoms with Gasteiger partial charge in [-0.2, -0.15) is 0 Å². The van der Waals surface area contributed by atoms with E-state index in [9.17, 15) is 9.59 Å². The summed E-state index contributed by atoms with van der Waals surface area (Å²) in [5.41, 5.74) is 4.97. The first-order valence-corrected chi connectivity index (χ1v) is 4.89. The van der Waals surface area contributed by atoms with E-state index in [0.717, 1.165) is 12.8 Å². The minimum atomic E-state index is -0.497. The zero-order chi connectivity index (χ0) is 11.4. The van der Waals surface area contributed by atoms with E-state index in [-0.39, 0.29) is 12.1 Å². The third-order valence-corrected chi connectivity index (χ3v) is 2.39. The first-order valence-electron chi connectivity index (χ1n) is 4.89. The molecule has 0 heterocycles. The molecule has 0 unspecified atom stereocenters. The molecule has 3 amide bonds. The van der Waals surface area contributed by atoms with Crippen molar-refractivity contribution in [3.05, 3.63) is 0 Å². The highest BCUT2D eigenvalue weighted by Gasteiger charge is 2.30. The van der Waals surface area contributed by atoms with Crippen molar-refractivity contribution in [3.8, 4) is 0 Å². The molecule has 0 atom stereocenters. The SMILES string of the molecule is CN(C)C(=O)OC[C@H]1C[C@H](NC(N)=O)C1. The molecule has 1 fully saturated rings. The first-order chi connectivity index (χ1) is 6.99. The molecule has 0 aromatic carbocycles. The Kier molecular flexibility index (Phi) is 3.76. The summed E-state index contributed by atoms with van der Waals surface area (Å²) >= 11 is 0. The molecule has 1 saturated carbocycles. The van der Waals surface area contributed by atoms with Crippen molar-refractivity contribution in [1.29, 1.82) is 0 Å². The fourth-order valence-electron chi connectivity index (χ4n) is 1.51. The number of rotatable bonds is 3. The van der Waals surface area contributed by atoms with Crippen molar-refractivity contribution in [2.45, 2.75) is 18.9 Å². The molecule has 1 aliphatic carbocycles. The number of urea groups is 1. The Morgan fingerprint density at radius 3 is 2.53 bits per heavy atom. The smallest absolute Gasteiger partial charge is 0.409 e. The van der Waals surface area contributed by atoms with Gasteiger partial charge in [0.25, 0.3) is 0 Å². The van der Waals surface area contributed by atoms with Crippen LogP contribution < -0.4 is 11.1 Å². The summed E-state index contributed by atoms with van der Waals surface area (Å²) in [5.74, 6) is 0.339. The number of nitrogens with one attached hydrogen (secondary N) is 1. The lowest BCUT2D eigenvalue weighted by Crippen LogP contribution is -2.47. The molecule has 0 bridgehead atoms. The Labute approximate surface area is 88.7 Å². The molecule has 6 heteroatoms. The lowest BCUT2D eigenvalue weighted by Gasteiger charge is -2.34. The molecule has 0 aromatic heterocycles. The van der Waals surface area contributed by atoms with Gasteiger partial charge in [-0.3, -0.25) is 0 Å². The summed E-state index contributed by atoms with van der Waals surface area (Å²) in [7, 11) is 3.28. The van der Waals surface area contributed by atoms with Crippen LogP contribution in [0.15, 0.2) is 0 Å². The fraction of sp³-hybridized carbons (Fsp3) is 0.778. The lowest BCUT2D eigenvalue weighted by atomic mass is 9.81. The third-order valence-electron chi connectivity index (χ3n) is 2.39. The normalized spacial score (nSPS) is 23.9. The van der Waals surface area contributed by atoms with E-state index in [4.69, 9.17) is 10.5 Å². The number of primary amides is 1. The van der Waals surface area contributed by atoms with E-state index in [1.54, 1.807) is 14.1 Å². The highest BCUT2D eigenvalue weighted by Crippen LogP contribution is 2.27. The van der Waals surface area contributed by atoms with Crippen LogP contribution in [0.25, 0.3) is 0 Å². The molecule has 6 nitrogen and oxygen atoms in total. The van der Waals surface area contributed by atoms with E-state index in [1.807, 2.05) is 0 Å². The standard InChI is InChI=1S/C9H17N3O3/c1-12(2)9(14)15-5-6-3-7(4-6)11-8(10)13/h6-7H,3-5H2,1-2H3,(H3,10,11,13)/t6-,7-. The molecule has 1 aliphatic rings. The minimum absolute atomic E-state index is 0.144. The second-order valence-electron chi connectivity index (χ2n) is 4.01. The largest absolute Gasteiger partial charge is 0.449 e. The second-order valence-corrected chi connectivity index (χ2v) is 4.01. The van der Waals surface area contributed by atoms with Gasteiger partial charge in [0.05, 0.1) is 6.61 Å². The topological polar surface area (TPSA) is 84.7 Å². The summed E-state index contributed by atoms with van der Waals surface area (Å²) in [4.78, 5) is 22.9. The van der Waals surface area contributed by atoms with Crippen LogP contribution in [0.2, 0.25) is 0 Å². The fourth-order valence-corrected chi connectivity index (χ4v) is 1.51. The van der Waals surface area contributed by atoms with E-state index < -0.39 is 6.03 Å². The molecule has 0 aliphatic heterocycles. The summed E-state index contributed by atoms with van der Waals surface area (Å²) in [6.07, 6.45) is 1.31. The van der Waals surface area contributed by atoms with Crippen molar-refractivity contribution in [1.82, 2.24) is 10.2 Å². The maximum atomic E-state index is 11.1. The van der Waals surface area contributed by atoms with Crippen LogP contribution in [0.4, 0.5) is 9.59 Å². The van der Waals surface area contributed by atoms with Gasteiger partial charge in [0, 0.05) is 20.1 Å². The number of nitrogens with two attached hydrogens (primary N) is 1. The van der Waals surface area contributed by atoms with Crippen molar-refractivity contribution in [3.63, 3.8) is 0 Å². The van der Waals surface area contributed by atoms with Crippen LogP contribution >= 0.6 is 0 Å². The quantitative estimate of drug-likeness (QED) is 0.701. The van der Waals surface area contributed by atoms with E-state index in [2.05, 4.69) is 5.32 Å². The second kappa shape index (κ2) is 4.86. The summed E-state index contributed by atoms with van der Waals surface area (Å²) in [5, 5.41) is 2.61. The van der Waals surface area contributed by atoms with Crippen molar-refractivity contribution in [2.24, 2.45) is 11.7 Å². The van der Waals surface area contributed by atoms with Crippen molar-refractivity contribution in [2.75, 3.05) is 20.7 Å². The summed E-state index contributed by atoms with van der Waals surface area (Å²) in [6, 6.07) is -0.353. The predicted molar refractivity (Wildman–Crippen MR) is 54.3 cm³/mol. The maximum absolute atomic E-state index is 11.1. The maximum Gasteiger partial charge on any atom is 0.409 e. The average molecular weight is 215 g/mol. The van der Waals surface area contributed by atoms with Crippen molar-refractivity contribution >= 4 is 12.1 Å². The zero-order valence-corrected chi connectivity index (χ0v) is 9.03. The van der Waals surface area contributed by atoms with Gasteiger partial charge >= 0.3 is 12.1 Å². The number of hydrogen-bond acceptors (Lipinski definition) is 3. The average Bonchev–Trinajstić information content (AvgIpc) is 2.07. The number of ether oxygens (including phenoxy) is 1. The van der Waals surface area contributed by atoms with Crippen LogP contribution in [0, 0.1) is 5.92 Å². The molecular weight excluding hydrogens is 198 g/mol. The van der Waals surface area contributed by atoms with E-state index >= 15 is 0 Å². The Hall–Kier alpha value is -1.46. The third kappa shape index (κ3) is 3.65. The molecule has 0 spiro atoms. The van der Waals surface area contributed by atoms with E-state index in [0.29, 0.717) is 12.5 Å². The molecule has 15 heavy (non-hydrogen) atoms. The van der Waals surface area contributed by atoms with Gasteiger partial charge in [0.15, 0.2) is 0 Å². The first kappa shape index (κ1) is 11.6. The lowest BCUT2D eigenvalue weighted by molar-refractivity contribution is 0.0726. The highest BCUT2D eigenvalue weighted by atomic mass is 16.6. The monoisotopic (exact) mass is 215 g/mol. The van der Waals surface area contributed by atoms with Crippen LogP contribution in [0.5, 0.6) is 0 Å².